The van der Waals surface area contributed by atoms with E-state index in [-0.39, 0.29) is 5.56 Å². The quantitative estimate of drug-likeness (QED) is 0.744. The molecule has 2 aromatic carbocycles. The molecule has 0 amide bonds. The molecular weight excluding hydrogens is 264 g/mol. The molecule has 3 aromatic rings. The predicted octanol–water partition coefficient (Wildman–Crippen LogP) is 3.63. The maximum absolute atomic E-state index is 11.2. The van der Waals surface area contributed by atoms with Crippen LogP contribution in [0.2, 0.25) is 0 Å². The number of hydrogen-bond acceptors (Lipinski definition) is 2. The van der Waals surface area contributed by atoms with E-state index in [0.717, 1.165) is 16.5 Å². The van der Waals surface area contributed by atoms with E-state index < -0.39 is 5.97 Å². The van der Waals surface area contributed by atoms with Crippen LogP contribution in [0.3, 0.4) is 0 Å². The number of carbonyl (C=O) groups is 1. The molecule has 1 N–H and O–H groups in total. The van der Waals surface area contributed by atoms with Crippen molar-refractivity contribution in [3.8, 4) is 0 Å². The van der Waals surface area contributed by atoms with Crippen molar-refractivity contribution in [2.75, 3.05) is 0 Å². The van der Waals surface area contributed by atoms with Gasteiger partial charge < -0.3 is 9.67 Å². The fourth-order valence-electron chi connectivity index (χ4n) is 2.38. The summed E-state index contributed by atoms with van der Waals surface area (Å²) in [6, 6.07) is 14.8. The summed E-state index contributed by atoms with van der Waals surface area (Å²) in [4.78, 5) is 15.5. The molecule has 0 aliphatic carbocycles. The third-order valence-corrected chi connectivity index (χ3v) is 3.40. The lowest BCUT2D eigenvalue weighted by atomic mass is 10.1. The summed E-state index contributed by atoms with van der Waals surface area (Å²) in [6.07, 6.45) is 3.70. The van der Waals surface area contributed by atoms with Gasteiger partial charge in [0.1, 0.15) is 0 Å². The fraction of sp³-hybridized carbons (Fsp3) is 0.0588. The first-order valence-electron chi connectivity index (χ1n) is 6.57. The van der Waals surface area contributed by atoms with Crippen molar-refractivity contribution in [2.24, 2.45) is 12.0 Å². The molecule has 0 aliphatic heterocycles. The van der Waals surface area contributed by atoms with Gasteiger partial charge in [0.15, 0.2) is 0 Å². The Morgan fingerprint density at radius 1 is 1.14 bits per heavy atom. The van der Waals surface area contributed by atoms with Crippen molar-refractivity contribution in [2.45, 2.75) is 0 Å². The average molecular weight is 278 g/mol. The van der Waals surface area contributed by atoms with Crippen LogP contribution in [0.4, 0.5) is 5.69 Å². The largest absolute Gasteiger partial charge is 0.478 e. The number of hydrogen-bond donors (Lipinski definition) is 1. The van der Waals surface area contributed by atoms with Crippen LogP contribution in [0.1, 0.15) is 15.9 Å². The molecular formula is C17H14N2O2. The molecule has 0 fully saturated rings. The number of rotatable bonds is 3. The van der Waals surface area contributed by atoms with Crippen LogP contribution >= 0.6 is 0 Å². The maximum atomic E-state index is 11.2. The second-order valence-corrected chi connectivity index (χ2v) is 4.79. The molecule has 0 aliphatic rings. The van der Waals surface area contributed by atoms with E-state index in [1.807, 2.05) is 42.1 Å². The monoisotopic (exact) mass is 278 g/mol. The van der Waals surface area contributed by atoms with E-state index in [2.05, 4.69) is 4.99 Å². The Balaban J connectivity index is 2.05. The highest BCUT2D eigenvalue weighted by Crippen LogP contribution is 2.22. The van der Waals surface area contributed by atoms with E-state index in [1.54, 1.807) is 30.5 Å². The van der Waals surface area contributed by atoms with Gasteiger partial charge >= 0.3 is 5.97 Å². The van der Waals surface area contributed by atoms with Gasteiger partial charge in [-0.05, 0) is 18.2 Å². The SMILES string of the molecule is Cn1cc(C=Nc2ccccc2C(=O)O)c2ccccc21. The van der Waals surface area contributed by atoms with Gasteiger partial charge in [-0.2, -0.15) is 0 Å². The zero-order valence-electron chi connectivity index (χ0n) is 11.5. The number of aromatic carboxylic acids is 1. The van der Waals surface area contributed by atoms with Gasteiger partial charge in [0.2, 0.25) is 0 Å². The van der Waals surface area contributed by atoms with Crippen molar-refractivity contribution in [3.63, 3.8) is 0 Å². The molecule has 1 aromatic heterocycles. The highest BCUT2D eigenvalue weighted by molar-refractivity contribution is 6.01. The van der Waals surface area contributed by atoms with Gasteiger partial charge in [-0.1, -0.05) is 30.3 Å². The van der Waals surface area contributed by atoms with Crippen molar-refractivity contribution < 1.29 is 9.90 Å². The van der Waals surface area contributed by atoms with Gasteiger partial charge in [0.25, 0.3) is 0 Å². The summed E-state index contributed by atoms with van der Waals surface area (Å²) in [5.41, 5.74) is 2.74. The molecule has 4 nitrogen and oxygen atoms in total. The standard InChI is InChI=1S/C17H14N2O2/c1-19-11-12(13-6-3-5-9-16(13)19)10-18-15-8-4-2-7-14(15)17(20)21/h2-11H,1H3,(H,20,21). The summed E-state index contributed by atoms with van der Waals surface area (Å²) in [5, 5.41) is 10.3. The number of fused-ring (bicyclic) bond motifs is 1. The van der Waals surface area contributed by atoms with Crippen LogP contribution in [-0.2, 0) is 7.05 Å². The lowest BCUT2D eigenvalue weighted by Gasteiger charge is -1.99. The Morgan fingerprint density at radius 3 is 2.67 bits per heavy atom. The second-order valence-electron chi connectivity index (χ2n) is 4.79. The van der Waals surface area contributed by atoms with E-state index >= 15 is 0 Å². The first-order chi connectivity index (χ1) is 10.2. The normalized spacial score (nSPS) is 11.3. The minimum absolute atomic E-state index is 0.203. The van der Waals surface area contributed by atoms with Crippen molar-refractivity contribution in [1.82, 2.24) is 4.57 Å². The summed E-state index contributed by atoms with van der Waals surface area (Å²) >= 11 is 0. The van der Waals surface area contributed by atoms with Crippen LogP contribution in [0.5, 0.6) is 0 Å². The number of para-hydroxylation sites is 2. The molecule has 3 rings (SSSR count). The zero-order chi connectivity index (χ0) is 14.8. The summed E-state index contributed by atoms with van der Waals surface area (Å²) in [5.74, 6) is -0.972. The van der Waals surface area contributed by atoms with Crippen molar-refractivity contribution in [1.29, 1.82) is 0 Å². The molecule has 0 bridgehead atoms. The molecule has 0 spiro atoms. The molecule has 0 saturated carbocycles. The minimum Gasteiger partial charge on any atom is -0.478 e. The smallest absolute Gasteiger partial charge is 0.337 e. The highest BCUT2D eigenvalue weighted by Gasteiger charge is 2.08. The van der Waals surface area contributed by atoms with Gasteiger partial charge in [-0.15, -0.1) is 0 Å². The number of aryl methyl sites for hydroxylation is 1. The average Bonchev–Trinajstić information content (AvgIpc) is 2.82. The number of aromatic nitrogens is 1. The first-order valence-corrected chi connectivity index (χ1v) is 6.57. The Morgan fingerprint density at radius 2 is 1.86 bits per heavy atom. The molecule has 0 saturated heterocycles. The number of aliphatic imine (C=N–C) groups is 1. The number of benzene rings is 2. The lowest BCUT2D eigenvalue weighted by Crippen LogP contribution is -1.96. The van der Waals surface area contributed by atoms with Crippen molar-refractivity contribution >= 4 is 28.8 Å². The highest BCUT2D eigenvalue weighted by atomic mass is 16.4. The third-order valence-electron chi connectivity index (χ3n) is 3.40. The Kier molecular flexibility index (Phi) is 3.28. The number of carboxylic acids is 1. The lowest BCUT2D eigenvalue weighted by molar-refractivity contribution is 0.0698. The van der Waals surface area contributed by atoms with Crippen molar-refractivity contribution in [3.05, 3.63) is 65.9 Å². The van der Waals surface area contributed by atoms with E-state index in [0.29, 0.717) is 5.69 Å². The third kappa shape index (κ3) is 2.43. The molecule has 1 heterocycles. The predicted molar refractivity (Wildman–Crippen MR) is 83.6 cm³/mol. The van der Waals surface area contributed by atoms with E-state index in [1.165, 1.54) is 0 Å². The molecule has 0 atom stereocenters. The van der Waals surface area contributed by atoms with Crippen LogP contribution in [0.15, 0.2) is 59.7 Å². The van der Waals surface area contributed by atoms with Gasteiger partial charge in [-0.25, -0.2) is 4.79 Å². The van der Waals surface area contributed by atoms with Crippen LogP contribution in [-0.4, -0.2) is 21.9 Å². The topological polar surface area (TPSA) is 54.6 Å². The Labute approximate surface area is 122 Å². The molecule has 4 heteroatoms. The maximum Gasteiger partial charge on any atom is 0.337 e. The Hall–Kier alpha value is -2.88. The second kappa shape index (κ2) is 5.25. The number of carboxylic acid groups (broad SMARTS) is 1. The summed E-state index contributed by atoms with van der Waals surface area (Å²) < 4.78 is 2.03. The van der Waals surface area contributed by atoms with E-state index in [4.69, 9.17) is 5.11 Å². The fourth-order valence-corrected chi connectivity index (χ4v) is 2.38. The zero-order valence-corrected chi connectivity index (χ0v) is 11.5. The number of nitrogens with zero attached hydrogens (tertiary/aromatic N) is 2. The van der Waals surface area contributed by atoms with Crippen LogP contribution in [0, 0.1) is 0 Å². The minimum atomic E-state index is -0.972. The van der Waals surface area contributed by atoms with Crippen LogP contribution in [0.25, 0.3) is 10.9 Å². The molecule has 21 heavy (non-hydrogen) atoms. The van der Waals surface area contributed by atoms with Crippen LogP contribution < -0.4 is 0 Å². The van der Waals surface area contributed by atoms with Gasteiger partial charge in [-0.3, -0.25) is 4.99 Å². The summed E-state index contributed by atoms with van der Waals surface area (Å²) in [7, 11) is 1.98. The molecule has 0 unspecified atom stereocenters. The first kappa shape index (κ1) is 13.1. The summed E-state index contributed by atoms with van der Waals surface area (Å²) in [6.45, 7) is 0. The van der Waals surface area contributed by atoms with Gasteiger partial charge in [0, 0.05) is 35.9 Å². The van der Waals surface area contributed by atoms with E-state index in [9.17, 15) is 4.79 Å². The molecule has 104 valence electrons. The Bertz CT molecular complexity index is 847. The van der Waals surface area contributed by atoms with Gasteiger partial charge in [0.05, 0.1) is 11.3 Å². The molecule has 0 radical (unpaired) electrons.